The Kier molecular flexibility index (Phi) is 5.64. The van der Waals surface area contributed by atoms with Gasteiger partial charge in [0.25, 0.3) is 5.56 Å². The van der Waals surface area contributed by atoms with Crippen LogP contribution in [0.5, 0.6) is 0 Å². The zero-order valence-corrected chi connectivity index (χ0v) is 15.8. The molecule has 0 spiro atoms. The SMILES string of the molecule is CNC(C)Cc1noc(Cc2c(C)nc3c(c2C)c(=O)[nH]n3C)n1.Cl. The topological polar surface area (TPSA) is 102 Å². The molecule has 136 valence electrons. The molecule has 3 heterocycles. The third-order valence-electron chi connectivity index (χ3n) is 4.40. The molecule has 1 atom stereocenters. The molecule has 0 aliphatic rings. The van der Waals surface area contributed by atoms with E-state index in [1.54, 1.807) is 11.7 Å². The first kappa shape index (κ1) is 19.1. The van der Waals surface area contributed by atoms with E-state index in [2.05, 4.69) is 32.5 Å². The number of pyridine rings is 1. The molecule has 3 aromatic heterocycles. The number of H-pyrrole nitrogens is 1. The van der Waals surface area contributed by atoms with Crippen LogP contribution in [0.15, 0.2) is 9.32 Å². The first-order valence-electron chi connectivity index (χ1n) is 7.94. The third-order valence-corrected chi connectivity index (χ3v) is 4.40. The van der Waals surface area contributed by atoms with Gasteiger partial charge in [0, 0.05) is 25.2 Å². The molecule has 25 heavy (non-hydrogen) atoms. The van der Waals surface area contributed by atoms with Gasteiger partial charge < -0.3 is 9.84 Å². The zero-order chi connectivity index (χ0) is 17.4. The number of likely N-dealkylation sites (N-methyl/N-ethyl adjacent to an activating group) is 1. The van der Waals surface area contributed by atoms with Crippen LogP contribution in [0, 0.1) is 13.8 Å². The second kappa shape index (κ2) is 7.37. The average molecular weight is 367 g/mol. The van der Waals surface area contributed by atoms with Crippen LogP contribution in [0.25, 0.3) is 11.0 Å². The van der Waals surface area contributed by atoms with E-state index in [1.807, 2.05) is 20.9 Å². The maximum Gasteiger partial charge on any atom is 0.273 e. The predicted molar refractivity (Wildman–Crippen MR) is 97.4 cm³/mol. The van der Waals surface area contributed by atoms with Crippen LogP contribution in [-0.4, -0.2) is 38.0 Å². The molecule has 0 bridgehead atoms. The van der Waals surface area contributed by atoms with Gasteiger partial charge in [0.05, 0.1) is 11.8 Å². The fourth-order valence-electron chi connectivity index (χ4n) is 2.88. The van der Waals surface area contributed by atoms with Crippen molar-refractivity contribution >= 4 is 23.4 Å². The summed E-state index contributed by atoms with van der Waals surface area (Å²) in [7, 11) is 3.68. The van der Waals surface area contributed by atoms with Gasteiger partial charge in [-0.15, -0.1) is 12.4 Å². The molecule has 0 aromatic carbocycles. The summed E-state index contributed by atoms with van der Waals surface area (Å²) in [5.41, 5.74) is 3.25. The van der Waals surface area contributed by atoms with Gasteiger partial charge in [-0.05, 0) is 38.9 Å². The van der Waals surface area contributed by atoms with Gasteiger partial charge in [0.15, 0.2) is 11.5 Å². The van der Waals surface area contributed by atoms with Crippen LogP contribution in [0.4, 0.5) is 0 Å². The lowest BCUT2D eigenvalue weighted by molar-refractivity contribution is 0.377. The van der Waals surface area contributed by atoms with Gasteiger partial charge in [-0.2, -0.15) is 4.98 Å². The molecule has 0 aliphatic heterocycles. The average Bonchev–Trinajstić information content (AvgIpc) is 3.08. The standard InChI is InChI=1S/C16H22N6O2.ClH/c1-8(17-4)6-12-19-13(24-21-12)7-11-9(2)14-15(18-10(11)3)22(5)20-16(14)23;/h8,17H,6-7H2,1-5H3,(H,20,23);1H. The minimum absolute atomic E-state index is 0. The highest BCUT2D eigenvalue weighted by molar-refractivity contribution is 5.85. The van der Waals surface area contributed by atoms with Crippen LogP contribution in [0.1, 0.15) is 35.5 Å². The fourth-order valence-corrected chi connectivity index (χ4v) is 2.88. The number of hydrogen-bond acceptors (Lipinski definition) is 6. The largest absolute Gasteiger partial charge is 0.339 e. The van der Waals surface area contributed by atoms with Crippen molar-refractivity contribution in [1.29, 1.82) is 0 Å². The summed E-state index contributed by atoms with van der Waals surface area (Å²) in [5.74, 6) is 1.21. The summed E-state index contributed by atoms with van der Waals surface area (Å²) in [6, 6.07) is 0.278. The van der Waals surface area contributed by atoms with Crippen LogP contribution < -0.4 is 10.9 Å². The van der Waals surface area contributed by atoms with E-state index in [0.29, 0.717) is 35.6 Å². The summed E-state index contributed by atoms with van der Waals surface area (Å²) < 4.78 is 7.01. The van der Waals surface area contributed by atoms with Crippen LogP contribution in [-0.2, 0) is 19.9 Å². The minimum Gasteiger partial charge on any atom is -0.339 e. The van der Waals surface area contributed by atoms with Crippen molar-refractivity contribution in [2.75, 3.05) is 7.05 Å². The summed E-state index contributed by atoms with van der Waals surface area (Å²) in [4.78, 5) is 21.1. The fraction of sp³-hybridized carbons (Fsp3) is 0.500. The van der Waals surface area contributed by atoms with Gasteiger partial charge in [-0.25, -0.2) is 4.98 Å². The van der Waals surface area contributed by atoms with E-state index in [9.17, 15) is 4.79 Å². The summed E-state index contributed by atoms with van der Waals surface area (Å²) in [6.07, 6.45) is 1.17. The molecular weight excluding hydrogens is 344 g/mol. The second-order valence-corrected chi connectivity index (χ2v) is 6.17. The van der Waals surface area contributed by atoms with Crippen molar-refractivity contribution in [3.8, 4) is 0 Å². The lowest BCUT2D eigenvalue weighted by Crippen LogP contribution is -2.24. The van der Waals surface area contributed by atoms with Crippen LogP contribution in [0.2, 0.25) is 0 Å². The monoisotopic (exact) mass is 366 g/mol. The summed E-state index contributed by atoms with van der Waals surface area (Å²) >= 11 is 0. The van der Waals surface area contributed by atoms with Gasteiger partial charge in [0.2, 0.25) is 5.89 Å². The Labute approximate surface area is 151 Å². The van der Waals surface area contributed by atoms with E-state index < -0.39 is 0 Å². The Morgan fingerprint density at radius 3 is 2.72 bits per heavy atom. The van der Waals surface area contributed by atoms with Gasteiger partial charge >= 0.3 is 0 Å². The van der Waals surface area contributed by atoms with E-state index in [-0.39, 0.29) is 24.0 Å². The minimum atomic E-state index is -0.132. The van der Waals surface area contributed by atoms with Gasteiger partial charge in [-0.1, -0.05) is 5.16 Å². The molecule has 3 aromatic rings. The Balaban J connectivity index is 0.00000225. The van der Waals surface area contributed by atoms with E-state index >= 15 is 0 Å². The highest BCUT2D eigenvalue weighted by atomic mass is 35.5. The summed E-state index contributed by atoms with van der Waals surface area (Å²) in [5, 5.41) is 10.5. The molecule has 8 nitrogen and oxygen atoms in total. The second-order valence-electron chi connectivity index (χ2n) is 6.17. The Hall–Kier alpha value is -2.19. The number of aryl methyl sites for hydroxylation is 3. The van der Waals surface area contributed by atoms with E-state index in [1.165, 1.54) is 0 Å². The van der Waals surface area contributed by atoms with E-state index in [0.717, 1.165) is 16.8 Å². The highest BCUT2D eigenvalue weighted by Crippen LogP contribution is 2.22. The Morgan fingerprint density at radius 2 is 2.04 bits per heavy atom. The smallest absolute Gasteiger partial charge is 0.273 e. The molecule has 1 unspecified atom stereocenters. The number of aromatic amines is 1. The molecule has 0 amide bonds. The van der Waals surface area contributed by atoms with Crippen molar-refractivity contribution in [2.45, 2.75) is 39.7 Å². The highest BCUT2D eigenvalue weighted by Gasteiger charge is 2.18. The van der Waals surface area contributed by atoms with E-state index in [4.69, 9.17) is 4.52 Å². The van der Waals surface area contributed by atoms with Gasteiger partial charge in [-0.3, -0.25) is 14.6 Å². The molecule has 9 heteroatoms. The maximum atomic E-state index is 12.1. The first-order valence-corrected chi connectivity index (χ1v) is 7.94. The number of rotatable bonds is 5. The maximum absolute atomic E-state index is 12.1. The molecule has 0 saturated carbocycles. The molecule has 2 N–H and O–H groups in total. The van der Waals surface area contributed by atoms with Crippen LogP contribution >= 0.6 is 12.4 Å². The van der Waals surface area contributed by atoms with Gasteiger partial charge in [0.1, 0.15) is 0 Å². The van der Waals surface area contributed by atoms with Crippen LogP contribution in [0.3, 0.4) is 0 Å². The molecule has 0 radical (unpaired) electrons. The van der Waals surface area contributed by atoms with Crippen molar-refractivity contribution < 1.29 is 4.52 Å². The normalized spacial score (nSPS) is 12.4. The number of halogens is 1. The molecule has 0 aliphatic carbocycles. The van der Waals surface area contributed by atoms with Crippen molar-refractivity contribution in [2.24, 2.45) is 7.05 Å². The van der Waals surface area contributed by atoms with Crippen molar-refractivity contribution in [1.82, 2.24) is 30.2 Å². The lowest BCUT2D eigenvalue weighted by Gasteiger charge is -2.08. The zero-order valence-electron chi connectivity index (χ0n) is 15.0. The summed E-state index contributed by atoms with van der Waals surface area (Å²) in [6.45, 7) is 5.92. The van der Waals surface area contributed by atoms with Crippen molar-refractivity contribution in [3.63, 3.8) is 0 Å². The Bertz CT molecular complexity index is 942. The first-order chi connectivity index (χ1) is 11.4. The third kappa shape index (κ3) is 3.59. The molecule has 0 fully saturated rings. The Morgan fingerprint density at radius 1 is 1.32 bits per heavy atom. The molecule has 3 rings (SSSR count). The number of hydrogen-bond donors (Lipinski definition) is 2. The number of nitrogens with one attached hydrogen (secondary N) is 2. The predicted octanol–water partition coefficient (Wildman–Crippen LogP) is 1.42. The lowest BCUT2D eigenvalue weighted by atomic mass is 10.0. The molecule has 0 saturated heterocycles. The molecular formula is C16H23ClN6O2. The number of nitrogens with zero attached hydrogens (tertiary/aromatic N) is 4. The quantitative estimate of drug-likeness (QED) is 0.708. The number of aromatic nitrogens is 5. The van der Waals surface area contributed by atoms with Crippen molar-refractivity contribution in [3.05, 3.63) is 38.9 Å². The number of fused-ring (bicyclic) bond motifs is 1.